The van der Waals surface area contributed by atoms with Crippen LogP contribution in [0.15, 0.2) is 42.9 Å². The first-order valence-corrected chi connectivity index (χ1v) is 9.44. The van der Waals surface area contributed by atoms with Crippen LogP contribution in [0.2, 0.25) is 0 Å². The number of H-pyrrole nitrogens is 2. The lowest BCUT2D eigenvalue weighted by Crippen LogP contribution is -2.19. The molecule has 0 saturated carbocycles. The number of hydrogen-bond acceptors (Lipinski definition) is 7. The van der Waals surface area contributed by atoms with Crippen molar-refractivity contribution in [3.63, 3.8) is 0 Å². The molecule has 0 unspecified atom stereocenters. The van der Waals surface area contributed by atoms with Crippen LogP contribution in [0.25, 0.3) is 0 Å². The van der Waals surface area contributed by atoms with E-state index < -0.39 is 0 Å². The molecule has 1 aromatic carbocycles. The Balaban J connectivity index is 1.44. The van der Waals surface area contributed by atoms with Crippen molar-refractivity contribution in [1.82, 2.24) is 30.1 Å². The molecule has 0 saturated heterocycles. The number of nitrogens with zero attached hydrogens (tertiary/aromatic N) is 4. The number of urea groups is 1. The molecule has 11 heteroatoms. The maximum Gasteiger partial charge on any atom is 0.324 e. The molecule has 0 aliphatic rings. The summed E-state index contributed by atoms with van der Waals surface area (Å²) < 4.78 is 5.89. The van der Waals surface area contributed by atoms with Crippen LogP contribution in [-0.2, 0) is 0 Å². The third kappa shape index (κ3) is 5.15. The van der Waals surface area contributed by atoms with Gasteiger partial charge in [0.1, 0.15) is 17.4 Å². The van der Waals surface area contributed by atoms with Crippen LogP contribution in [-0.4, -0.2) is 36.2 Å². The number of aromatic nitrogens is 6. The lowest BCUT2D eigenvalue weighted by Gasteiger charge is -2.12. The van der Waals surface area contributed by atoms with Crippen molar-refractivity contribution in [2.45, 2.75) is 20.8 Å². The van der Waals surface area contributed by atoms with E-state index in [2.05, 4.69) is 46.1 Å². The Morgan fingerprint density at radius 1 is 1.03 bits per heavy atom. The number of rotatable bonds is 6. The lowest BCUT2D eigenvalue weighted by molar-refractivity contribution is 0.262. The highest BCUT2D eigenvalue weighted by molar-refractivity contribution is 5.99. The average Bonchev–Trinajstić information content (AvgIpc) is 3.35. The van der Waals surface area contributed by atoms with Crippen LogP contribution in [0.4, 0.5) is 27.9 Å². The van der Waals surface area contributed by atoms with E-state index in [9.17, 15) is 4.79 Å². The Labute approximate surface area is 177 Å². The van der Waals surface area contributed by atoms with Gasteiger partial charge in [0.05, 0.1) is 12.5 Å². The maximum absolute atomic E-state index is 12.1. The molecule has 0 bridgehead atoms. The number of amides is 2. The summed E-state index contributed by atoms with van der Waals surface area (Å²) in [6.07, 6.45) is 3.00. The molecule has 4 aromatic rings. The van der Waals surface area contributed by atoms with Gasteiger partial charge < -0.3 is 20.4 Å². The summed E-state index contributed by atoms with van der Waals surface area (Å²) in [5, 5.41) is 15.5. The van der Waals surface area contributed by atoms with Crippen molar-refractivity contribution < 1.29 is 9.53 Å². The number of nitrogens with one attached hydrogen (secondary N) is 5. The summed E-state index contributed by atoms with van der Waals surface area (Å²) >= 11 is 0. The zero-order valence-corrected chi connectivity index (χ0v) is 17.1. The molecule has 4 rings (SSSR count). The molecular weight excluding hydrogens is 398 g/mol. The highest BCUT2D eigenvalue weighted by atomic mass is 16.5. The average molecular weight is 419 g/mol. The number of carbonyl (C=O) groups excluding carboxylic acids is 1. The molecule has 0 radical (unpaired) electrons. The van der Waals surface area contributed by atoms with E-state index in [0.717, 1.165) is 17.0 Å². The predicted molar refractivity (Wildman–Crippen MR) is 116 cm³/mol. The van der Waals surface area contributed by atoms with Gasteiger partial charge in [-0.25, -0.2) is 14.8 Å². The topological polar surface area (TPSA) is 146 Å². The molecule has 0 fully saturated rings. The van der Waals surface area contributed by atoms with E-state index in [4.69, 9.17) is 4.74 Å². The van der Waals surface area contributed by atoms with Gasteiger partial charge in [0.2, 0.25) is 0 Å². The van der Waals surface area contributed by atoms with Crippen LogP contribution in [0.5, 0.6) is 11.8 Å². The Bertz CT molecular complexity index is 1200. The van der Waals surface area contributed by atoms with Crippen molar-refractivity contribution >= 4 is 29.2 Å². The normalized spacial score (nSPS) is 10.5. The van der Waals surface area contributed by atoms with Gasteiger partial charge >= 0.3 is 12.0 Å². The fraction of sp³-hybridized carbons (Fsp3) is 0.150. The summed E-state index contributed by atoms with van der Waals surface area (Å²) in [7, 11) is 0. The zero-order chi connectivity index (χ0) is 21.8. The number of benzene rings is 1. The second-order valence-electron chi connectivity index (χ2n) is 6.87. The first-order chi connectivity index (χ1) is 14.9. The summed E-state index contributed by atoms with van der Waals surface area (Å²) in [4.78, 5) is 27.4. The molecule has 0 aliphatic carbocycles. The number of hydrogen-bond donors (Lipinski definition) is 5. The van der Waals surface area contributed by atoms with Crippen molar-refractivity contribution in [1.29, 1.82) is 0 Å². The van der Waals surface area contributed by atoms with Gasteiger partial charge in [-0.2, -0.15) is 10.1 Å². The third-order valence-electron chi connectivity index (χ3n) is 4.18. The SMILES string of the molecule is Cc1cc(Nc2cc(C)[nH]n2)nc(Oc2ccc(NC(=O)Nc3cnc[nH]3)cc2C)n1. The van der Waals surface area contributed by atoms with Gasteiger partial charge in [0.15, 0.2) is 5.82 Å². The van der Waals surface area contributed by atoms with Crippen molar-refractivity contribution in [3.8, 4) is 11.8 Å². The van der Waals surface area contributed by atoms with E-state index in [1.807, 2.05) is 26.8 Å². The standard InChI is InChI=1S/C20H21N9O2/c1-11-6-14(24-19(30)26-18-9-21-10-22-18)4-5-15(11)31-20-23-12(2)7-16(27-20)25-17-8-13(3)28-29-17/h4-10H,1-3H3,(H,21,22)(H2,24,26,30)(H2,23,25,27,28,29). The van der Waals surface area contributed by atoms with Gasteiger partial charge in [0, 0.05) is 29.2 Å². The van der Waals surface area contributed by atoms with Crippen LogP contribution < -0.4 is 20.7 Å². The van der Waals surface area contributed by atoms with E-state index >= 15 is 0 Å². The van der Waals surface area contributed by atoms with Gasteiger partial charge in [-0.1, -0.05) is 0 Å². The molecule has 2 amide bonds. The fourth-order valence-corrected chi connectivity index (χ4v) is 2.81. The van der Waals surface area contributed by atoms with E-state index in [1.54, 1.807) is 24.3 Å². The number of imidazole rings is 1. The van der Waals surface area contributed by atoms with E-state index in [1.165, 1.54) is 12.5 Å². The number of carbonyl (C=O) groups is 1. The summed E-state index contributed by atoms with van der Waals surface area (Å²) in [6.45, 7) is 5.64. The van der Waals surface area contributed by atoms with Crippen LogP contribution in [0.1, 0.15) is 17.0 Å². The largest absolute Gasteiger partial charge is 0.424 e. The monoisotopic (exact) mass is 419 g/mol. The molecule has 11 nitrogen and oxygen atoms in total. The quantitative estimate of drug-likeness (QED) is 0.317. The predicted octanol–water partition coefficient (Wildman–Crippen LogP) is 4.03. The van der Waals surface area contributed by atoms with Crippen molar-refractivity contribution in [2.24, 2.45) is 0 Å². The minimum absolute atomic E-state index is 0.204. The van der Waals surface area contributed by atoms with Crippen molar-refractivity contribution in [3.05, 3.63) is 59.8 Å². The Kier molecular flexibility index (Phi) is 5.47. The second-order valence-corrected chi connectivity index (χ2v) is 6.87. The molecule has 0 spiro atoms. The molecule has 3 aromatic heterocycles. The molecule has 5 N–H and O–H groups in total. The lowest BCUT2D eigenvalue weighted by atomic mass is 10.2. The molecule has 0 atom stereocenters. The number of ether oxygens (including phenoxy) is 1. The highest BCUT2D eigenvalue weighted by Crippen LogP contribution is 2.27. The zero-order valence-electron chi connectivity index (χ0n) is 17.1. The van der Waals surface area contributed by atoms with Gasteiger partial charge in [-0.05, 0) is 44.5 Å². The van der Waals surface area contributed by atoms with Crippen LogP contribution in [0, 0.1) is 20.8 Å². The Hall–Kier alpha value is -4.41. The second kappa shape index (κ2) is 8.53. The number of aryl methyl sites for hydroxylation is 3. The van der Waals surface area contributed by atoms with Gasteiger partial charge in [-0.3, -0.25) is 10.4 Å². The summed E-state index contributed by atoms with van der Waals surface area (Å²) in [5.41, 5.74) is 3.10. The number of anilines is 4. The van der Waals surface area contributed by atoms with Crippen LogP contribution in [0.3, 0.4) is 0 Å². The number of aromatic amines is 2. The van der Waals surface area contributed by atoms with E-state index in [-0.39, 0.29) is 12.0 Å². The minimum atomic E-state index is -0.386. The Morgan fingerprint density at radius 2 is 1.90 bits per heavy atom. The molecule has 158 valence electrons. The summed E-state index contributed by atoms with van der Waals surface area (Å²) in [6, 6.07) is 8.77. The van der Waals surface area contributed by atoms with Gasteiger partial charge in [-0.15, -0.1) is 0 Å². The minimum Gasteiger partial charge on any atom is -0.424 e. The smallest absolute Gasteiger partial charge is 0.324 e. The first-order valence-electron chi connectivity index (χ1n) is 9.44. The van der Waals surface area contributed by atoms with Gasteiger partial charge in [0.25, 0.3) is 0 Å². The summed E-state index contributed by atoms with van der Waals surface area (Å²) in [5.74, 6) is 2.30. The fourth-order valence-electron chi connectivity index (χ4n) is 2.81. The maximum atomic E-state index is 12.1. The Morgan fingerprint density at radius 3 is 2.61 bits per heavy atom. The molecule has 0 aliphatic heterocycles. The first kappa shape index (κ1) is 19.9. The molecule has 31 heavy (non-hydrogen) atoms. The third-order valence-corrected chi connectivity index (χ3v) is 4.18. The van der Waals surface area contributed by atoms with Crippen LogP contribution >= 0.6 is 0 Å². The van der Waals surface area contributed by atoms with Crippen molar-refractivity contribution in [2.75, 3.05) is 16.0 Å². The molecular formula is C20H21N9O2. The highest BCUT2D eigenvalue weighted by Gasteiger charge is 2.10. The van der Waals surface area contributed by atoms with E-state index in [0.29, 0.717) is 28.9 Å². The molecule has 3 heterocycles.